The number of anilines is 2. The fraction of sp³-hybridized carbons (Fsp3) is 0.750. The molecule has 3 N–H and O–H groups in total. The van der Waals surface area contributed by atoms with Crippen LogP contribution >= 0.6 is 0 Å². The van der Waals surface area contributed by atoms with Crippen molar-refractivity contribution in [1.82, 2.24) is 9.97 Å². The molecule has 1 aromatic rings. The predicted molar refractivity (Wildman–Crippen MR) is 86.2 cm³/mol. The van der Waals surface area contributed by atoms with Gasteiger partial charge in [0.05, 0.1) is 0 Å². The van der Waals surface area contributed by atoms with E-state index in [1.807, 2.05) is 0 Å². The van der Waals surface area contributed by atoms with E-state index in [4.69, 9.17) is 5.84 Å². The first kappa shape index (κ1) is 14.6. The first-order chi connectivity index (χ1) is 10.2. The lowest BCUT2D eigenvalue weighted by molar-refractivity contribution is 0.202. The number of hydrazine groups is 1. The van der Waals surface area contributed by atoms with Crippen LogP contribution in [0.25, 0.3) is 0 Å². The van der Waals surface area contributed by atoms with Crippen LogP contribution in [0.4, 0.5) is 11.6 Å². The number of nitrogens with two attached hydrogens (primary N) is 1. The first-order valence-electron chi connectivity index (χ1n) is 8.27. The van der Waals surface area contributed by atoms with Crippen LogP contribution in [0.3, 0.4) is 0 Å². The zero-order valence-electron chi connectivity index (χ0n) is 13.2. The molecule has 0 aromatic carbocycles. The van der Waals surface area contributed by atoms with Gasteiger partial charge in [-0.1, -0.05) is 33.1 Å². The standard InChI is InChI=1S/C16H27N5/c1-11(2)14-15(20-17)18-10-19-16(14)21-8-7-12-5-3-4-6-13(12)9-21/h10-13H,3-9,17H2,1-2H3,(H,18,19,20). The number of rotatable bonds is 3. The molecule has 1 aliphatic heterocycles. The van der Waals surface area contributed by atoms with Crippen LogP contribution in [0.15, 0.2) is 6.33 Å². The third-order valence-corrected chi connectivity index (χ3v) is 5.17. The van der Waals surface area contributed by atoms with Crippen molar-refractivity contribution in [2.75, 3.05) is 23.4 Å². The largest absolute Gasteiger partial charge is 0.356 e. The number of nitrogens with one attached hydrogen (secondary N) is 1. The summed E-state index contributed by atoms with van der Waals surface area (Å²) in [7, 11) is 0. The van der Waals surface area contributed by atoms with Crippen LogP contribution in [0, 0.1) is 11.8 Å². The summed E-state index contributed by atoms with van der Waals surface area (Å²) in [5.74, 6) is 9.62. The molecule has 1 aromatic heterocycles. The Morgan fingerprint density at radius 2 is 1.95 bits per heavy atom. The second kappa shape index (κ2) is 6.18. The van der Waals surface area contributed by atoms with Crippen LogP contribution in [-0.4, -0.2) is 23.1 Å². The molecule has 2 fully saturated rings. The highest BCUT2D eigenvalue weighted by Crippen LogP contribution is 2.39. The van der Waals surface area contributed by atoms with Crippen LogP contribution in [-0.2, 0) is 0 Å². The molecule has 5 nitrogen and oxygen atoms in total. The average molecular weight is 289 g/mol. The van der Waals surface area contributed by atoms with Gasteiger partial charge in [-0.2, -0.15) is 0 Å². The Bertz CT molecular complexity index is 488. The topological polar surface area (TPSA) is 67.1 Å². The Balaban J connectivity index is 1.86. The fourth-order valence-electron chi connectivity index (χ4n) is 4.08. The van der Waals surface area contributed by atoms with Gasteiger partial charge < -0.3 is 10.3 Å². The summed E-state index contributed by atoms with van der Waals surface area (Å²) in [5, 5.41) is 0. The van der Waals surface area contributed by atoms with Gasteiger partial charge in [-0.15, -0.1) is 0 Å². The van der Waals surface area contributed by atoms with Crippen molar-refractivity contribution in [1.29, 1.82) is 0 Å². The van der Waals surface area contributed by atoms with Crippen molar-refractivity contribution in [3.8, 4) is 0 Å². The third-order valence-electron chi connectivity index (χ3n) is 5.17. The molecule has 2 unspecified atom stereocenters. The molecule has 0 amide bonds. The van der Waals surface area contributed by atoms with Crippen molar-refractivity contribution >= 4 is 11.6 Å². The first-order valence-corrected chi connectivity index (χ1v) is 8.27. The maximum absolute atomic E-state index is 5.63. The second-order valence-corrected chi connectivity index (χ2v) is 6.80. The smallest absolute Gasteiger partial charge is 0.148 e. The van der Waals surface area contributed by atoms with Crippen molar-refractivity contribution in [2.24, 2.45) is 17.7 Å². The minimum atomic E-state index is 0.358. The highest BCUT2D eigenvalue weighted by molar-refractivity contribution is 5.60. The molecule has 21 heavy (non-hydrogen) atoms. The van der Waals surface area contributed by atoms with E-state index in [-0.39, 0.29) is 0 Å². The molecule has 2 heterocycles. The zero-order valence-corrected chi connectivity index (χ0v) is 13.2. The molecule has 1 saturated carbocycles. The van der Waals surface area contributed by atoms with E-state index in [0.717, 1.165) is 42.1 Å². The lowest BCUT2D eigenvalue weighted by Gasteiger charge is -2.42. The van der Waals surface area contributed by atoms with Gasteiger partial charge in [0.15, 0.2) is 0 Å². The molecule has 1 saturated heterocycles. The summed E-state index contributed by atoms with van der Waals surface area (Å²) in [4.78, 5) is 11.3. The number of piperidine rings is 1. The van der Waals surface area contributed by atoms with E-state index in [1.54, 1.807) is 6.33 Å². The van der Waals surface area contributed by atoms with Gasteiger partial charge in [-0.05, 0) is 30.6 Å². The maximum Gasteiger partial charge on any atom is 0.148 e. The fourth-order valence-corrected chi connectivity index (χ4v) is 4.08. The maximum atomic E-state index is 5.63. The number of hydrogen-bond donors (Lipinski definition) is 2. The van der Waals surface area contributed by atoms with E-state index in [9.17, 15) is 0 Å². The lowest BCUT2D eigenvalue weighted by atomic mass is 9.75. The molecule has 0 radical (unpaired) electrons. The second-order valence-electron chi connectivity index (χ2n) is 6.80. The molecule has 5 heteroatoms. The molecule has 3 rings (SSSR count). The Kier molecular flexibility index (Phi) is 4.29. The summed E-state index contributed by atoms with van der Waals surface area (Å²) >= 11 is 0. The third kappa shape index (κ3) is 2.84. The summed E-state index contributed by atoms with van der Waals surface area (Å²) in [6.45, 7) is 6.61. The van der Waals surface area contributed by atoms with Gasteiger partial charge in [0.25, 0.3) is 0 Å². The van der Waals surface area contributed by atoms with E-state index in [0.29, 0.717) is 5.92 Å². The van der Waals surface area contributed by atoms with Crippen LogP contribution in [0.5, 0.6) is 0 Å². The van der Waals surface area contributed by atoms with Crippen molar-refractivity contribution < 1.29 is 0 Å². The minimum absolute atomic E-state index is 0.358. The lowest BCUT2D eigenvalue weighted by Crippen LogP contribution is -2.42. The highest BCUT2D eigenvalue weighted by atomic mass is 15.3. The minimum Gasteiger partial charge on any atom is -0.356 e. The van der Waals surface area contributed by atoms with Gasteiger partial charge in [0, 0.05) is 18.7 Å². The number of hydrogen-bond acceptors (Lipinski definition) is 5. The molecule has 116 valence electrons. The molecule has 2 aliphatic rings. The Morgan fingerprint density at radius 3 is 2.67 bits per heavy atom. The van der Waals surface area contributed by atoms with E-state index in [2.05, 4.69) is 34.1 Å². The van der Waals surface area contributed by atoms with Gasteiger partial charge in [0.1, 0.15) is 18.0 Å². The van der Waals surface area contributed by atoms with Gasteiger partial charge >= 0.3 is 0 Å². The van der Waals surface area contributed by atoms with Crippen LogP contribution in [0.2, 0.25) is 0 Å². The SMILES string of the molecule is CC(C)c1c(NN)ncnc1N1CCC2CCCCC2C1. The van der Waals surface area contributed by atoms with Crippen molar-refractivity contribution in [3.63, 3.8) is 0 Å². The number of aromatic nitrogens is 2. The molecular formula is C16H27N5. The Hall–Kier alpha value is -1.36. The predicted octanol–water partition coefficient (Wildman–Crippen LogP) is 2.90. The Morgan fingerprint density at radius 1 is 1.19 bits per heavy atom. The molecule has 1 aliphatic carbocycles. The number of fused-ring (bicyclic) bond motifs is 1. The van der Waals surface area contributed by atoms with E-state index >= 15 is 0 Å². The van der Waals surface area contributed by atoms with Crippen LogP contribution < -0.4 is 16.2 Å². The van der Waals surface area contributed by atoms with Gasteiger partial charge in [0.2, 0.25) is 0 Å². The summed E-state index contributed by atoms with van der Waals surface area (Å²) in [6.07, 6.45) is 8.56. The molecule has 0 bridgehead atoms. The van der Waals surface area contributed by atoms with Crippen molar-refractivity contribution in [2.45, 2.75) is 51.9 Å². The number of nitrogen functional groups attached to an aromatic ring is 1. The number of nitrogens with zero attached hydrogens (tertiary/aromatic N) is 3. The highest BCUT2D eigenvalue weighted by Gasteiger charge is 2.33. The summed E-state index contributed by atoms with van der Waals surface area (Å²) in [6, 6.07) is 0. The normalized spacial score (nSPS) is 25.8. The monoisotopic (exact) mass is 289 g/mol. The quantitative estimate of drug-likeness (QED) is 0.661. The molecule has 0 spiro atoms. The summed E-state index contributed by atoms with van der Waals surface area (Å²) in [5.41, 5.74) is 3.88. The van der Waals surface area contributed by atoms with Gasteiger partial charge in [-0.25, -0.2) is 15.8 Å². The van der Waals surface area contributed by atoms with Gasteiger partial charge in [-0.3, -0.25) is 0 Å². The molecular weight excluding hydrogens is 262 g/mol. The van der Waals surface area contributed by atoms with E-state index < -0.39 is 0 Å². The summed E-state index contributed by atoms with van der Waals surface area (Å²) < 4.78 is 0. The van der Waals surface area contributed by atoms with E-state index in [1.165, 1.54) is 32.1 Å². The zero-order chi connectivity index (χ0) is 14.8. The van der Waals surface area contributed by atoms with Crippen molar-refractivity contribution in [3.05, 3.63) is 11.9 Å². The van der Waals surface area contributed by atoms with Crippen LogP contribution in [0.1, 0.15) is 57.4 Å². The molecule has 2 atom stereocenters. The Labute approximate surface area is 127 Å². The average Bonchev–Trinajstić information content (AvgIpc) is 2.53.